The summed E-state index contributed by atoms with van der Waals surface area (Å²) in [5, 5.41) is 3.18. The van der Waals surface area contributed by atoms with E-state index in [1.54, 1.807) is 24.0 Å². The van der Waals surface area contributed by atoms with Gasteiger partial charge < -0.3 is 14.6 Å². The lowest BCUT2D eigenvalue weighted by molar-refractivity contribution is -0.144. The lowest BCUT2D eigenvalue weighted by atomic mass is 10.2. The first-order valence-corrected chi connectivity index (χ1v) is 7.06. The second-order valence-corrected chi connectivity index (χ2v) is 5.18. The maximum atomic E-state index is 12.1. The minimum Gasteiger partial charge on any atom is -0.464 e. The van der Waals surface area contributed by atoms with Crippen molar-refractivity contribution in [3.8, 4) is 0 Å². The molecular weight excluding hydrogens is 322 g/mol. The predicted molar refractivity (Wildman–Crippen MR) is 80.3 cm³/mol. The van der Waals surface area contributed by atoms with Crippen molar-refractivity contribution < 1.29 is 9.53 Å². The summed E-state index contributed by atoms with van der Waals surface area (Å²) in [5.41, 5.74) is 1.59. The zero-order chi connectivity index (χ0) is 14.5. The number of halogens is 1. The Balaban J connectivity index is 2.28. The molecule has 0 radical (unpaired) electrons. The van der Waals surface area contributed by atoms with E-state index in [-0.39, 0.29) is 5.97 Å². The van der Waals surface area contributed by atoms with Gasteiger partial charge in [0.15, 0.2) is 6.04 Å². The number of anilines is 1. The third-order valence-corrected chi connectivity index (χ3v) is 3.30. The number of nitrogens with one attached hydrogen (secondary N) is 1. The minimum atomic E-state index is -0.586. The highest BCUT2D eigenvalue weighted by atomic mass is 79.9. The summed E-state index contributed by atoms with van der Waals surface area (Å²) in [5.74, 6) is -0.323. The van der Waals surface area contributed by atoms with Gasteiger partial charge in [-0.3, -0.25) is 0 Å². The Hall–Kier alpha value is -1.82. The molecular formula is C14H16BrN3O2. The van der Waals surface area contributed by atoms with Crippen LogP contribution in [0.3, 0.4) is 0 Å². The number of benzene rings is 1. The Bertz CT molecular complexity index is 598. The molecule has 0 fully saturated rings. The number of imidazole rings is 1. The van der Waals surface area contributed by atoms with Crippen LogP contribution in [0.15, 0.2) is 41.3 Å². The molecule has 2 aromatic rings. The predicted octanol–water partition coefficient (Wildman–Crippen LogP) is 2.90. The van der Waals surface area contributed by atoms with Crippen molar-refractivity contribution in [3.05, 3.63) is 47.0 Å². The number of nitrogens with zero attached hydrogens (tertiary/aromatic N) is 2. The van der Waals surface area contributed by atoms with Crippen molar-refractivity contribution in [2.45, 2.75) is 13.0 Å². The van der Waals surface area contributed by atoms with Gasteiger partial charge in [0.05, 0.1) is 24.8 Å². The molecule has 1 unspecified atom stereocenters. The van der Waals surface area contributed by atoms with Crippen LogP contribution in [0.4, 0.5) is 5.69 Å². The first kappa shape index (κ1) is 14.6. The van der Waals surface area contributed by atoms with E-state index in [1.165, 1.54) is 0 Å². The number of ether oxygens (including phenoxy) is 1. The standard InChI is InChI=1S/C14H16BrN3O2/c1-3-20-14(19)13(12-8-16-9-18(12)2)17-11-6-4-5-10(15)7-11/h4-9,13,17H,3H2,1-2H3. The molecule has 0 bridgehead atoms. The smallest absolute Gasteiger partial charge is 0.334 e. The number of aromatic nitrogens is 2. The topological polar surface area (TPSA) is 56.1 Å². The van der Waals surface area contributed by atoms with Crippen molar-refractivity contribution in [2.75, 3.05) is 11.9 Å². The Morgan fingerprint density at radius 3 is 2.95 bits per heavy atom. The fraction of sp³-hybridized carbons (Fsp3) is 0.286. The molecule has 0 spiro atoms. The summed E-state index contributed by atoms with van der Waals surface area (Å²) in [6.45, 7) is 2.13. The molecule has 5 nitrogen and oxygen atoms in total. The van der Waals surface area contributed by atoms with E-state index in [0.717, 1.165) is 15.9 Å². The molecule has 0 amide bonds. The molecule has 0 aliphatic carbocycles. The molecule has 0 aliphatic heterocycles. The van der Waals surface area contributed by atoms with Gasteiger partial charge in [0, 0.05) is 17.2 Å². The second kappa shape index (κ2) is 6.56. The Morgan fingerprint density at radius 2 is 2.35 bits per heavy atom. The number of esters is 1. The average molecular weight is 338 g/mol. The van der Waals surface area contributed by atoms with Gasteiger partial charge in [-0.1, -0.05) is 22.0 Å². The van der Waals surface area contributed by atoms with Crippen LogP contribution < -0.4 is 5.32 Å². The number of aryl methyl sites for hydroxylation is 1. The summed E-state index contributed by atoms with van der Waals surface area (Å²) in [4.78, 5) is 16.2. The minimum absolute atomic E-state index is 0.323. The van der Waals surface area contributed by atoms with Crippen LogP contribution in [0, 0.1) is 0 Å². The first-order valence-electron chi connectivity index (χ1n) is 6.26. The second-order valence-electron chi connectivity index (χ2n) is 4.27. The molecule has 1 aromatic carbocycles. The summed E-state index contributed by atoms with van der Waals surface area (Å²) < 4.78 is 7.87. The molecule has 1 aromatic heterocycles. The highest BCUT2D eigenvalue weighted by molar-refractivity contribution is 9.10. The zero-order valence-electron chi connectivity index (χ0n) is 11.3. The van der Waals surface area contributed by atoms with Gasteiger partial charge in [0.1, 0.15) is 0 Å². The Kier molecular flexibility index (Phi) is 4.79. The van der Waals surface area contributed by atoms with Crippen LogP contribution in [-0.4, -0.2) is 22.1 Å². The van der Waals surface area contributed by atoms with Crippen LogP contribution in [0.1, 0.15) is 18.7 Å². The van der Waals surface area contributed by atoms with E-state index in [0.29, 0.717) is 6.61 Å². The van der Waals surface area contributed by atoms with Crippen molar-refractivity contribution >= 4 is 27.6 Å². The van der Waals surface area contributed by atoms with Gasteiger partial charge >= 0.3 is 5.97 Å². The maximum absolute atomic E-state index is 12.1. The average Bonchev–Trinajstić information content (AvgIpc) is 2.82. The summed E-state index contributed by atoms with van der Waals surface area (Å²) in [6, 6.07) is 7.04. The number of rotatable bonds is 5. The van der Waals surface area contributed by atoms with Crippen LogP contribution in [0.25, 0.3) is 0 Å². The molecule has 0 aliphatic rings. The maximum Gasteiger partial charge on any atom is 0.334 e. The highest BCUT2D eigenvalue weighted by Gasteiger charge is 2.24. The van der Waals surface area contributed by atoms with Crippen LogP contribution in [-0.2, 0) is 16.6 Å². The molecule has 1 N–H and O–H groups in total. The normalized spacial score (nSPS) is 11.9. The SMILES string of the molecule is CCOC(=O)C(Nc1cccc(Br)c1)c1cncn1C. The highest BCUT2D eigenvalue weighted by Crippen LogP contribution is 2.23. The largest absolute Gasteiger partial charge is 0.464 e. The fourth-order valence-electron chi connectivity index (χ4n) is 1.87. The van der Waals surface area contributed by atoms with Crippen LogP contribution in [0.5, 0.6) is 0 Å². The summed E-state index contributed by atoms with van der Waals surface area (Å²) >= 11 is 3.41. The molecule has 0 saturated heterocycles. The van der Waals surface area contributed by atoms with Gasteiger partial charge in [-0.15, -0.1) is 0 Å². The van der Waals surface area contributed by atoms with E-state index >= 15 is 0 Å². The van der Waals surface area contributed by atoms with E-state index in [1.807, 2.05) is 31.3 Å². The number of hydrogen-bond donors (Lipinski definition) is 1. The van der Waals surface area contributed by atoms with E-state index in [2.05, 4.69) is 26.2 Å². The number of hydrogen-bond acceptors (Lipinski definition) is 4. The third kappa shape index (κ3) is 3.39. The van der Waals surface area contributed by atoms with Gasteiger partial charge in [0.2, 0.25) is 0 Å². The lowest BCUT2D eigenvalue weighted by Gasteiger charge is -2.18. The molecule has 20 heavy (non-hydrogen) atoms. The quantitative estimate of drug-likeness (QED) is 0.852. The molecule has 1 atom stereocenters. The number of carbonyl (C=O) groups is 1. The third-order valence-electron chi connectivity index (χ3n) is 2.81. The molecule has 1 heterocycles. The van der Waals surface area contributed by atoms with Gasteiger partial charge in [0.25, 0.3) is 0 Å². The molecule has 0 saturated carbocycles. The summed E-state index contributed by atoms with van der Waals surface area (Å²) in [7, 11) is 1.84. The zero-order valence-corrected chi connectivity index (χ0v) is 12.9. The molecule has 106 valence electrons. The van der Waals surface area contributed by atoms with E-state index < -0.39 is 6.04 Å². The number of carbonyl (C=O) groups excluding carboxylic acids is 1. The van der Waals surface area contributed by atoms with Gasteiger partial charge in [-0.2, -0.15) is 0 Å². The van der Waals surface area contributed by atoms with Gasteiger partial charge in [-0.05, 0) is 25.1 Å². The van der Waals surface area contributed by atoms with Crippen molar-refractivity contribution in [1.82, 2.24) is 9.55 Å². The monoisotopic (exact) mass is 337 g/mol. The van der Waals surface area contributed by atoms with E-state index in [4.69, 9.17) is 4.74 Å². The van der Waals surface area contributed by atoms with Crippen LogP contribution >= 0.6 is 15.9 Å². The van der Waals surface area contributed by atoms with Crippen molar-refractivity contribution in [1.29, 1.82) is 0 Å². The van der Waals surface area contributed by atoms with Crippen molar-refractivity contribution in [3.63, 3.8) is 0 Å². The molecule has 6 heteroatoms. The Morgan fingerprint density at radius 1 is 1.55 bits per heavy atom. The van der Waals surface area contributed by atoms with Gasteiger partial charge in [-0.25, -0.2) is 9.78 Å². The van der Waals surface area contributed by atoms with Crippen LogP contribution in [0.2, 0.25) is 0 Å². The fourth-order valence-corrected chi connectivity index (χ4v) is 2.27. The molecule has 2 rings (SSSR count). The van der Waals surface area contributed by atoms with E-state index in [9.17, 15) is 4.79 Å². The first-order chi connectivity index (χ1) is 9.61. The Labute approximate surface area is 126 Å². The summed E-state index contributed by atoms with van der Waals surface area (Å²) in [6.07, 6.45) is 3.32. The lowest BCUT2D eigenvalue weighted by Crippen LogP contribution is -2.25. The van der Waals surface area contributed by atoms with Crippen molar-refractivity contribution in [2.24, 2.45) is 7.05 Å².